The number of allylic oxidation sites excluding steroid dienone is 2. The highest BCUT2D eigenvalue weighted by Crippen LogP contribution is 2.24. The molecule has 0 aliphatic carbocycles. The van der Waals surface area contributed by atoms with Crippen LogP contribution in [0.4, 0.5) is 5.82 Å². The predicted molar refractivity (Wildman–Crippen MR) is 108 cm³/mol. The summed E-state index contributed by atoms with van der Waals surface area (Å²) >= 11 is 0. The van der Waals surface area contributed by atoms with Crippen LogP contribution in [0.1, 0.15) is 58.9 Å². The Morgan fingerprint density at radius 3 is 2.50 bits per heavy atom. The van der Waals surface area contributed by atoms with Gasteiger partial charge in [0.15, 0.2) is 0 Å². The van der Waals surface area contributed by atoms with Gasteiger partial charge in [0, 0.05) is 19.7 Å². The zero-order valence-electron chi connectivity index (χ0n) is 17.5. The van der Waals surface area contributed by atoms with E-state index in [9.17, 15) is 20.5 Å². The van der Waals surface area contributed by atoms with Crippen LogP contribution in [0.3, 0.4) is 0 Å². The molecule has 0 bridgehead atoms. The number of H-pyrrole nitrogens is 1. The van der Waals surface area contributed by atoms with Crippen LogP contribution in [-0.2, 0) is 11.2 Å². The summed E-state index contributed by atoms with van der Waals surface area (Å²) in [6.07, 6.45) is 4.32. The lowest BCUT2D eigenvalue weighted by Crippen LogP contribution is -2.40. The monoisotopic (exact) mass is 399 g/mol. The average Bonchev–Trinajstić information content (AvgIpc) is 3.08. The van der Waals surface area contributed by atoms with Gasteiger partial charge in [0.2, 0.25) is 0 Å². The summed E-state index contributed by atoms with van der Waals surface area (Å²) in [6, 6.07) is 1.42. The van der Waals surface area contributed by atoms with Crippen LogP contribution in [0.2, 0.25) is 0 Å². The number of hydrogen-bond donors (Lipinski definition) is 5. The Bertz CT molecular complexity index is 624. The van der Waals surface area contributed by atoms with Crippen molar-refractivity contribution >= 4 is 5.82 Å². The number of aromatic amines is 1. The molecule has 8 heteroatoms. The molecule has 0 amide bonds. The summed E-state index contributed by atoms with van der Waals surface area (Å²) in [5, 5.41) is 50.4. The maximum absolute atomic E-state index is 10.8. The largest absolute Gasteiger partial charge is 0.732 e. The lowest BCUT2D eigenvalue weighted by molar-refractivity contribution is -0.0797. The van der Waals surface area contributed by atoms with E-state index >= 15 is 0 Å². The van der Waals surface area contributed by atoms with Gasteiger partial charge in [-0.05, 0) is 65.0 Å². The van der Waals surface area contributed by atoms with E-state index in [0.717, 1.165) is 12.0 Å². The summed E-state index contributed by atoms with van der Waals surface area (Å²) < 4.78 is 5.28. The average molecular weight is 400 g/mol. The Labute approximate surface area is 167 Å². The standard InChI is InChI=1S/C20H35N2O6/c1-14(8-9-16(23)19(2,3)28-5)7-6-10-20(4,25)17(24)11-15-12-18(21-13-15)22(26)27/h7,12-13,16-17,21,23-26H,6,8-11H2,1-5H3/q-1/b14-7+/t16-,17+,20+/m1/s1. The van der Waals surface area contributed by atoms with E-state index in [1.54, 1.807) is 14.0 Å². The fraction of sp³-hybridized carbons (Fsp3) is 0.700. The molecule has 0 saturated carbocycles. The Morgan fingerprint density at radius 1 is 1.32 bits per heavy atom. The molecule has 0 spiro atoms. The number of ether oxygens (including phenoxy) is 1. The van der Waals surface area contributed by atoms with E-state index < -0.39 is 23.4 Å². The van der Waals surface area contributed by atoms with Crippen molar-refractivity contribution in [2.45, 2.75) is 83.2 Å². The molecule has 0 aliphatic rings. The lowest BCUT2D eigenvalue weighted by Gasteiger charge is -2.29. The molecule has 0 saturated heterocycles. The molecule has 1 aromatic rings. The Morgan fingerprint density at radius 2 is 1.96 bits per heavy atom. The van der Waals surface area contributed by atoms with E-state index in [-0.39, 0.29) is 17.5 Å². The number of aliphatic hydroxyl groups excluding tert-OH is 2. The van der Waals surface area contributed by atoms with Crippen molar-refractivity contribution in [1.29, 1.82) is 0 Å². The first kappa shape index (κ1) is 24.6. The number of hydrogen-bond acceptors (Lipinski definition) is 7. The third-order valence-electron chi connectivity index (χ3n) is 5.36. The molecule has 0 fully saturated rings. The summed E-state index contributed by atoms with van der Waals surface area (Å²) in [5.74, 6) is -0.0285. The lowest BCUT2D eigenvalue weighted by atomic mass is 9.89. The van der Waals surface area contributed by atoms with Crippen LogP contribution in [0.25, 0.3) is 0 Å². The van der Waals surface area contributed by atoms with Crippen molar-refractivity contribution in [2.75, 3.05) is 12.3 Å². The van der Waals surface area contributed by atoms with Crippen molar-refractivity contribution < 1.29 is 25.3 Å². The molecule has 3 atom stereocenters. The Hall–Kier alpha value is -1.42. The summed E-state index contributed by atoms with van der Waals surface area (Å²) in [7, 11) is 1.58. The maximum atomic E-state index is 10.8. The van der Waals surface area contributed by atoms with Crippen LogP contribution in [0.5, 0.6) is 0 Å². The van der Waals surface area contributed by atoms with Gasteiger partial charge in [-0.2, -0.15) is 0 Å². The third-order valence-corrected chi connectivity index (χ3v) is 5.36. The number of methoxy groups -OCH3 is 1. The van der Waals surface area contributed by atoms with E-state index in [2.05, 4.69) is 4.98 Å². The molecule has 162 valence electrons. The first-order chi connectivity index (χ1) is 12.9. The second kappa shape index (κ2) is 10.4. The van der Waals surface area contributed by atoms with Crippen molar-refractivity contribution in [3.05, 3.63) is 34.7 Å². The van der Waals surface area contributed by atoms with Gasteiger partial charge in [-0.3, -0.25) is 5.21 Å². The molecule has 0 unspecified atom stereocenters. The molecule has 0 aromatic carbocycles. The summed E-state index contributed by atoms with van der Waals surface area (Å²) in [6.45, 7) is 7.24. The minimum atomic E-state index is -1.30. The number of aliphatic hydroxyl groups is 3. The minimum Gasteiger partial charge on any atom is -0.732 e. The zero-order chi connectivity index (χ0) is 21.5. The van der Waals surface area contributed by atoms with Crippen molar-refractivity contribution in [1.82, 2.24) is 4.98 Å². The first-order valence-corrected chi connectivity index (χ1v) is 9.51. The summed E-state index contributed by atoms with van der Waals surface area (Å²) in [5.41, 5.74) is -0.183. The normalized spacial score (nSPS) is 17.3. The van der Waals surface area contributed by atoms with E-state index in [0.29, 0.717) is 24.8 Å². The third kappa shape index (κ3) is 7.54. The van der Waals surface area contributed by atoms with Gasteiger partial charge in [-0.25, -0.2) is 0 Å². The van der Waals surface area contributed by atoms with E-state index in [1.807, 2.05) is 26.8 Å². The van der Waals surface area contributed by atoms with Crippen molar-refractivity contribution in [3.63, 3.8) is 0 Å². The van der Waals surface area contributed by atoms with Crippen molar-refractivity contribution in [3.8, 4) is 0 Å². The molecule has 0 radical (unpaired) electrons. The van der Waals surface area contributed by atoms with Crippen LogP contribution < -0.4 is 5.23 Å². The number of rotatable bonds is 12. The zero-order valence-corrected chi connectivity index (χ0v) is 17.5. The van der Waals surface area contributed by atoms with E-state index in [4.69, 9.17) is 9.94 Å². The molecule has 1 rings (SSSR count). The van der Waals surface area contributed by atoms with E-state index in [1.165, 1.54) is 12.3 Å². The summed E-state index contributed by atoms with van der Waals surface area (Å²) in [4.78, 5) is 2.59. The highest BCUT2D eigenvalue weighted by Gasteiger charge is 2.30. The fourth-order valence-corrected chi connectivity index (χ4v) is 2.82. The van der Waals surface area contributed by atoms with Crippen LogP contribution in [0, 0.1) is 5.21 Å². The van der Waals surface area contributed by atoms with Crippen LogP contribution >= 0.6 is 0 Å². The van der Waals surface area contributed by atoms with Crippen molar-refractivity contribution in [2.24, 2.45) is 0 Å². The number of anilines is 1. The van der Waals surface area contributed by atoms with Gasteiger partial charge in [0.1, 0.15) is 5.82 Å². The maximum Gasteiger partial charge on any atom is 0.119 e. The van der Waals surface area contributed by atoms with Gasteiger partial charge in [0.05, 0.1) is 23.4 Å². The first-order valence-electron chi connectivity index (χ1n) is 9.51. The molecular formula is C20H35N2O6-. The molecule has 1 aromatic heterocycles. The van der Waals surface area contributed by atoms with Gasteiger partial charge in [-0.15, -0.1) is 0 Å². The molecule has 1 heterocycles. The number of nitrogens with one attached hydrogen (secondary N) is 1. The highest BCUT2D eigenvalue weighted by molar-refractivity contribution is 5.40. The number of nitrogens with zero attached hydrogens (tertiary/aromatic N) is 1. The SMILES string of the molecule is COC(C)(C)[C@H](O)CC/C(C)=C/CC[C@](C)(O)[C@@H](O)Cc1c[nH]c(N([O-])O)c1. The topological polar surface area (TPSA) is 132 Å². The second-order valence-corrected chi connectivity index (χ2v) is 8.19. The van der Waals surface area contributed by atoms with Gasteiger partial charge >= 0.3 is 0 Å². The molecule has 0 aliphatic heterocycles. The molecule has 5 N–H and O–H groups in total. The molecule has 28 heavy (non-hydrogen) atoms. The predicted octanol–water partition coefficient (Wildman–Crippen LogP) is 2.66. The minimum absolute atomic E-state index is 0.0285. The number of aromatic nitrogens is 1. The van der Waals surface area contributed by atoms with Gasteiger partial charge in [0.25, 0.3) is 0 Å². The Kier molecular flexibility index (Phi) is 9.13. The molecular weight excluding hydrogens is 364 g/mol. The Balaban J connectivity index is 2.48. The second-order valence-electron chi connectivity index (χ2n) is 8.19. The quantitative estimate of drug-likeness (QED) is 0.270. The van der Waals surface area contributed by atoms with Crippen LogP contribution in [0.15, 0.2) is 23.9 Å². The fourth-order valence-electron chi connectivity index (χ4n) is 2.82. The molecule has 8 nitrogen and oxygen atoms in total. The highest BCUT2D eigenvalue weighted by atomic mass is 16.8. The van der Waals surface area contributed by atoms with Crippen LogP contribution in [-0.4, -0.2) is 56.0 Å². The smallest absolute Gasteiger partial charge is 0.119 e. The van der Waals surface area contributed by atoms with Gasteiger partial charge < -0.3 is 35.5 Å². The van der Waals surface area contributed by atoms with Gasteiger partial charge in [-0.1, -0.05) is 11.6 Å².